The third-order valence-corrected chi connectivity index (χ3v) is 2.85. The van der Waals surface area contributed by atoms with Gasteiger partial charge in [-0.05, 0) is 24.1 Å². The quantitative estimate of drug-likeness (QED) is 0.249. The molecule has 23 heavy (non-hydrogen) atoms. The fraction of sp³-hybridized carbons (Fsp3) is 0.286. The second kappa shape index (κ2) is 9.03. The van der Waals surface area contributed by atoms with E-state index < -0.39 is 23.9 Å². The summed E-state index contributed by atoms with van der Waals surface area (Å²) in [6, 6.07) is 4.82. The highest BCUT2D eigenvalue weighted by molar-refractivity contribution is 5.93. The smallest absolute Gasteiger partial charge is 0.328 e. The average Bonchev–Trinajstić information content (AvgIpc) is 2.52. The summed E-state index contributed by atoms with van der Waals surface area (Å²) >= 11 is 0. The Morgan fingerprint density at radius 3 is 2.52 bits per heavy atom. The van der Waals surface area contributed by atoms with Gasteiger partial charge in [0, 0.05) is 12.1 Å². The van der Waals surface area contributed by atoms with Crippen LogP contribution in [0, 0.1) is 0 Å². The molecule has 0 saturated carbocycles. The number of hydrogen-bond donors (Lipinski definition) is 4. The molecule has 0 aliphatic rings. The molecule has 3 amide bonds. The Kier molecular flexibility index (Phi) is 7.05. The number of carbonyl (C=O) groups excluding carboxylic acids is 3. The van der Waals surface area contributed by atoms with E-state index in [1.54, 1.807) is 24.3 Å². The highest BCUT2D eigenvalue weighted by Gasteiger charge is 2.22. The summed E-state index contributed by atoms with van der Waals surface area (Å²) in [5.41, 5.74) is 6.14. The standard InChI is InChI=1S/C14H18N4O5/c1-23-13(20)11(6-7-12(15)19)18-14(21)17-10-4-2-9(3-5-10)8-16-22/h2-5,8,11,22H,6-7H2,1H3,(H2,15,19)(H2,17,18,21). The molecule has 0 heterocycles. The minimum absolute atomic E-state index is 0.0430. The number of methoxy groups -OCH3 is 1. The maximum absolute atomic E-state index is 11.9. The van der Waals surface area contributed by atoms with E-state index in [9.17, 15) is 14.4 Å². The van der Waals surface area contributed by atoms with Gasteiger partial charge in [0.05, 0.1) is 13.3 Å². The highest BCUT2D eigenvalue weighted by atomic mass is 16.5. The first-order valence-electron chi connectivity index (χ1n) is 6.67. The number of urea groups is 1. The van der Waals surface area contributed by atoms with Crippen LogP contribution in [0.25, 0.3) is 0 Å². The molecule has 1 aromatic rings. The fourth-order valence-electron chi connectivity index (χ4n) is 1.72. The number of ether oxygens (including phenoxy) is 1. The van der Waals surface area contributed by atoms with E-state index in [0.29, 0.717) is 11.3 Å². The second-order valence-electron chi connectivity index (χ2n) is 4.55. The number of oxime groups is 1. The third-order valence-electron chi connectivity index (χ3n) is 2.85. The van der Waals surface area contributed by atoms with E-state index >= 15 is 0 Å². The van der Waals surface area contributed by atoms with Gasteiger partial charge >= 0.3 is 12.0 Å². The van der Waals surface area contributed by atoms with Crippen LogP contribution in [0.15, 0.2) is 29.4 Å². The summed E-state index contributed by atoms with van der Waals surface area (Å²) in [5.74, 6) is -1.25. The molecule has 0 radical (unpaired) electrons. The maximum atomic E-state index is 11.9. The van der Waals surface area contributed by atoms with E-state index in [4.69, 9.17) is 10.9 Å². The van der Waals surface area contributed by atoms with Crippen molar-refractivity contribution in [2.45, 2.75) is 18.9 Å². The van der Waals surface area contributed by atoms with Crippen molar-refractivity contribution in [2.24, 2.45) is 10.9 Å². The van der Waals surface area contributed by atoms with Crippen molar-refractivity contribution in [1.29, 1.82) is 0 Å². The monoisotopic (exact) mass is 322 g/mol. The van der Waals surface area contributed by atoms with E-state index in [-0.39, 0.29) is 12.8 Å². The van der Waals surface area contributed by atoms with Gasteiger partial charge in [0.15, 0.2) is 0 Å². The molecule has 0 aliphatic heterocycles. The van der Waals surface area contributed by atoms with Gasteiger partial charge in [-0.1, -0.05) is 17.3 Å². The lowest BCUT2D eigenvalue weighted by molar-refractivity contribution is -0.143. The van der Waals surface area contributed by atoms with Gasteiger partial charge in [-0.2, -0.15) is 0 Å². The normalized spacial score (nSPS) is 11.7. The van der Waals surface area contributed by atoms with Crippen molar-refractivity contribution in [3.05, 3.63) is 29.8 Å². The number of hydrogen-bond acceptors (Lipinski definition) is 6. The predicted molar refractivity (Wildman–Crippen MR) is 82.2 cm³/mol. The number of amides is 3. The molecule has 9 nitrogen and oxygen atoms in total. The number of esters is 1. The number of nitrogens with one attached hydrogen (secondary N) is 2. The number of primary amides is 1. The zero-order chi connectivity index (χ0) is 17.2. The van der Waals surface area contributed by atoms with Crippen LogP contribution >= 0.6 is 0 Å². The van der Waals surface area contributed by atoms with E-state index in [1.165, 1.54) is 13.3 Å². The summed E-state index contributed by atoms with van der Waals surface area (Å²) in [6.45, 7) is 0. The topological polar surface area (TPSA) is 143 Å². The van der Waals surface area contributed by atoms with E-state index in [1.807, 2.05) is 0 Å². The van der Waals surface area contributed by atoms with Crippen molar-refractivity contribution < 1.29 is 24.3 Å². The molecule has 0 saturated heterocycles. The Morgan fingerprint density at radius 2 is 2.00 bits per heavy atom. The van der Waals surface area contributed by atoms with Crippen LogP contribution in [0.1, 0.15) is 18.4 Å². The van der Waals surface area contributed by atoms with Gasteiger partial charge in [-0.3, -0.25) is 4.79 Å². The summed E-state index contributed by atoms with van der Waals surface area (Å²) in [5, 5.41) is 16.2. The molecule has 0 spiro atoms. The number of benzene rings is 1. The minimum atomic E-state index is -0.978. The SMILES string of the molecule is COC(=O)C(CCC(N)=O)NC(=O)Nc1ccc(C=NO)cc1. The Balaban J connectivity index is 2.63. The predicted octanol–water partition coefficient (Wildman–Crippen LogP) is 0.423. The summed E-state index contributed by atoms with van der Waals surface area (Å²) in [6.07, 6.45) is 1.22. The lowest BCUT2D eigenvalue weighted by atomic mass is 10.1. The van der Waals surface area contributed by atoms with Crippen molar-refractivity contribution in [3.8, 4) is 0 Å². The van der Waals surface area contributed by atoms with Crippen molar-refractivity contribution in [2.75, 3.05) is 12.4 Å². The lowest BCUT2D eigenvalue weighted by Crippen LogP contribution is -2.44. The zero-order valence-electron chi connectivity index (χ0n) is 12.5. The molecule has 0 aromatic heterocycles. The van der Waals surface area contributed by atoms with Crippen LogP contribution in [-0.4, -0.2) is 42.5 Å². The van der Waals surface area contributed by atoms with E-state index in [2.05, 4.69) is 20.5 Å². The zero-order valence-corrected chi connectivity index (χ0v) is 12.5. The summed E-state index contributed by atoms with van der Waals surface area (Å²) in [7, 11) is 1.18. The van der Waals surface area contributed by atoms with Gasteiger partial charge in [-0.15, -0.1) is 0 Å². The number of nitrogens with zero attached hydrogens (tertiary/aromatic N) is 1. The molecule has 9 heteroatoms. The number of anilines is 1. The van der Waals surface area contributed by atoms with Gasteiger partial charge in [-0.25, -0.2) is 9.59 Å². The van der Waals surface area contributed by atoms with Crippen LogP contribution < -0.4 is 16.4 Å². The fourth-order valence-corrected chi connectivity index (χ4v) is 1.72. The van der Waals surface area contributed by atoms with Crippen LogP contribution in [0.4, 0.5) is 10.5 Å². The Morgan fingerprint density at radius 1 is 1.35 bits per heavy atom. The molecule has 0 fully saturated rings. The molecule has 5 N–H and O–H groups in total. The minimum Gasteiger partial charge on any atom is -0.467 e. The first-order chi connectivity index (χ1) is 11.0. The average molecular weight is 322 g/mol. The highest BCUT2D eigenvalue weighted by Crippen LogP contribution is 2.08. The first-order valence-corrected chi connectivity index (χ1v) is 6.67. The molecule has 0 aliphatic carbocycles. The van der Waals surface area contributed by atoms with Crippen molar-refractivity contribution in [3.63, 3.8) is 0 Å². The molecule has 1 atom stereocenters. The lowest BCUT2D eigenvalue weighted by Gasteiger charge is -2.16. The molecule has 124 valence electrons. The van der Waals surface area contributed by atoms with Gasteiger partial charge in [0.25, 0.3) is 0 Å². The van der Waals surface area contributed by atoms with E-state index in [0.717, 1.165) is 0 Å². The van der Waals surface area contributed by atoms with Gasteiger partial charge in [0.1, 0.15) is 6.04 Å². The van der Waals surface area contributed by atoms with Gasteiger partial charge < -0.3 is 26.3 Å². The molecule has 1 unspecified atom stereocenters. The summed E-state index contributed by atoms with van der Waals surface area (Å²) < 4.78 is 4.57. The van der Waals surface area contributed by atoms with Crippen molar-refractivity contribution in [1.82, 2.24) is 5.32 Å². The van der Waals surface area contributed by atoms with Crippen LogP contribution in [-0.2, 0) is 14.3 Å². The number of carbonyl (C=O) groups is 3. The first kappa shape index (κ1) is 18.0. The number of nitrogens with two attached hydrogens (primary N) is 1. The Bertz CT molecular complexity index is 585. The number of rotatable bonds is 7. The van der Waals surface area contributed by atoms with Crippen LogP contribution in [0.2, 0.25) is 0 Å². The molecule has 0 bridgehead atoms. The third kappa shape index (κ3) is 6.46. The molecule has 1 rings (SSSR count). The Hall–Kier alpha value is -3.10. The molecular formula is C14H18N4O5. The van der Waals surface area contributed by atoms with Crippen LogP contribution in [0.5, 0.6) is 0 Å². The van der Waals surface area contributed by atoms with Gasteiger partial charge in [0.2, 0.25) is 5.91 Å². The second-order valence-corrected chi connectivity index (χ2v) is 4.55. The summed E-state index contributed by atoms with van der Waals surface area (Å²) in [4.78, 5) is 34.3. The van der Waals surface area contributed by atoms with Crippen LogP contribution in [0.3, 0.4) is 0 Å². The molecular weight excluding hydrogens is 304 g/mol. The van der Waals surface area contributed by atoms with Crippen molar-refractivity contribution >= 4 is 29.8 Å². The maximum Gasteiger partial charge on any atom is 0.328 e. The largest absolute Gasteiger partial charge is 0.467 e. The Labute approximate surface area is 132 Å². The molecule has 1 aromatic carbocycles.